The molecular formula is C7H10ClN5O. The third kappa shape index (κ3) is 1.24. The molecule has 0 aromatic carbocycles. The minimum absolute atomic E-state index is 0. The Hall–Kier alpha value is -1.56. The maximum absolute atomic E-state index is 11.6. The molecule has 0 aliphatic rings. The highest BCUT2D eigenvalue weighted by atomic mass is 35.5. The molecule has 2 N–H and O–H groups in total. The molecule has 14 heavy (non-hydrogen) atoms. The highest BCUT2D eigenvalue weighted by Gasteiger charge is 2.09. The number of rotatable bonds is 0. The van der Waals surface area contributed by atoms with Crippen molar-refractivity contribution < 1.29 is 0 Å². The zero-order chi connectivity index (χ0) is 9.59. The maximum Gasteiger partial charge on any atom is 0.280 e. The number of nitrogen functional groups attached to an aromatic ring is 1. The van der Waals surface area contributed by atoms with Gasteiger partial charge in [0.1, 0.15) is 0 Å². The van der Waals surface area contributed by atoms with Crippen molar-refractivity contribution in [3.05, 3.63) is 16.7 Å². The van der Waals surface area contributed by atoms with Crippen molar-refractivity contribution in [3.8, 4) is 0 Å². The van der Waals surface area contributed by atoms with Crippen LogP contribution in [-0.4, -0.2) is 19.1 Å². The fourth-order valence-electron chi connectivity index (χ4n) is 1.19. The topological polar surface area (TPSA) is 78.7 Å². The standard InChI is InChI=1S/C7H9N5O.ClH/c1-11-3-9-5-4(11)6(13)12(2)7(8)10-5;/h3H,1-2H3,(H2,8,10);1H. The van der Waals surface area contributed by atoms with E-state index in [2.05, 4.69) is 9.97 Å². The van der Waals surface area contributed by atoms with Crippen LogP contribution in [0.15, 0.2) is 11.1 Å². The third-order valence-electron chi connectivity index (χ3n) is 1.99. The van der Waals surface area contributed by atoms with Gasteiger partial charge in [0.2, 0.25) is 5.95 Å². The molecule has 6 nitrogen and oxygen atoms in total. The summed E-state index contributed by atoms with van der Waals surface area (Å²) in [6.45, 7) is 0. The average molecular weight is 216 g/mol. The number of aryl methyl sites for hydroxylation is 1. The fourth-order valence-corrected chi connectivity index (χ4v) is 1.19. The van der Waals surface area contributed by atoms with Crippen molar-refractivity contribution in [3.63, 3.8) is 0 Å². The first-order chi connectivity index (χ1) is 6.11. The van der Waals surface area contributed by atoms with Gasteiger partial charge in [-0.15, -0.1) is 12.4 Å². The van der Waals surface area contributed by atoms with Gasteiger partial charge in [-0.2, -0.15) is 4.98 Å². The van der Waals surface area contributed by atoms with Gasteiger partial charge >= 0.3 is 0 Å². The Morgan fingerprint density at radius 3 is 2.71 bits per heavy atom. The van der Waals surface area contributed by atoms with Crippen molar-refractivity contribution in [1.82, 2.24) is 19.1 Å². The van der Waals surface area contributed by atoms with Crippen LogP contribution in [0.4, 0.5) is 5.95 Å². The summed E-state index contributed by atoms with van der Waals surface area (Å²) in [4.78, 5) is 19.5. The van der Waals surface area contributed by atoms with Gasteiger partial charge in [-0.1, -0.05) is 0 Å². The van der Waals surface area contributed by atoms with Gasteiger partial charge < -0.3 is 10.3 Å². The van der Waals surface area contributed by atoms with Gasteiger partial charge in [0.05, 0.1) is 6.33 Å². The largest absolute Gasteiger partial charge is 0.369 e. The van der Waals surface area contributed by atoms with E-state index in [1.165, 1.54) is 4.57 Å². The molecule has 0 unspecified atom stereocenters. The van der Waals surface area contributed by atoms with Crippen molar-refractivity contribution in [2.75, 3.05) is 5.73 Å². The number of fused-ring (bicyclic) bond motifs is 1. The van der Waals surface area contributed by atoms with Crippen LogP contribution in [0.5, 0.6) is 0 Å². The Balaban J connectivity index is 0.000000980. The molecule has 2 aromatic heterocycles. The highest BCUT2D eigenvalue weighted by Crippen LogP contribution is 2.04. The Bertz CT molecular complexity index is 529. The first-order valence-electron chi connectivity index (χ1n) is 3.75. The molecule has 0 aliphatic heterocycles. The Morgan fingerprint density at radius 2 is 2.07 bits per heavy atom. The first-order valence-corrected chi connectivity index (χ1v) is 3.75. The monoisotopic (exact) mass is 215 g/mol. The van der Waals surface area contributed by atoms with E-state index < -0.39 is 0 Å². The molecular weight excluding hydrogens is 206 g/mol. The number of hydrogen-bond acceptors (Lipinski definition) is 4. The highest BCUT2D eigenvalue weighted by molar-refractivity contribution is 5.85. The molecule has 2 rings (SSSR count). The predicted octanol–water partition coefficient (Wildman–Crippen LogP) is -0.329. The van der Waals surface area contributed by atoms with Gasteiger partial charge in [0.25, 0.3) is 5.56 Å². The third-order valence-corrected chi connectivity index (χ3v) is 1.99. The second-order valence-corrected chi connectivity index (χ2v) is 2.86. The van der Waals surface area contributed by atoms with E-state index in [0.717, 1.165) is 0 Å². The number of nitrogens with zero attached hydrogens (tertiary/aromatic N) is 4. The number of nitrogens with two attached hydrogens (primary N) is 1. The smallest absolute Gasteiger partial charge is 0.280 e. The predicted molar refractivity (Wildman–Crippen MR) is 55.4 cm³/mol. The number of imidazole rings is 1. The Kier molecular flexibility index (Phi) is 2.48. The van der Waals surface area contributed by atoms with E-state index in [4.69, 9.17) is 5.73 Å². The van der Waals surface area contributed by atoms with Gasteiger partial charge in [0, 0.05) is 14.1 Å². The molecule has 0 fully saturated rings. The Labute approximate surface area is 85.8 Å². The molecule has 2 heterocycles. The lowest BCUT2D eigenvalue weighted by atomic mass is 10.5. The minimum Gasteiger partial charge on any atom is -0.369 e. The maximum atomic E-state index is 11.6. The summed E-state index contributed by atoms with van der Waals surface area (Å²) < 4.78 is 2.92. The molecule has 0 radical (unpaired) electrons. The van der Waals surface area contributed by atoms with Gasteiger partial charge in [-0.05, 0) is 0 Å². The van der Waals surface area contributed by atoms with Crippen LogP contribution in [0.25, 0.3) is 11.2 Å². The molecule has 76 valence electrons. The minimum atomic E-state index is -0.178. The molecule has 7 heteroatoms. The second-order valence-electron chi connectivity index (χ2n) is 2.86. The van der Waals surface area contributed by atoms with E-state index in [-0.39, 0.29) is 23.9 Å². The zero-order valence-electron chi connectivity index (χ0n) is 7.76. The van der Waals surface area contributed by atoms with E-state index in [9.17, 15) is 4.79 Å². The van der Waals surface area contributed by atoms with Crippen molar-refractivity contribution in [2.24, 2.45) is 14.1 Å². The molecule has 0 atom stereocenters. The van der Waals surface area contributed by atoms with Gasteiger partial charge in [0.15, 0.2) is 11.2 Å². The van der Waals surface area contributed by atoms with Gasteiger partial charge in [-0.25, -0.2) is 4.98 Å². The average Bonchev–Trinajstić information content (AvgIpc) is 2.43. The quantitative estimate of drug-likeness (QED) is 0.653. The molecule has 0 saturated carbocycles. The van der Waals surface area contributed by atoms with Crippen molar-refractivity contribution >= 4 is 29.5 Å². The summed E-state index contributed by atoms with van der Waals surface area (Å²) in [5.74, 6) is 0.177. The van der Waals surface area contributed by atoms with E-state index in [1.54, 1.807) is 25.0 Å². The van der Waals surface area contributed by atoms with Crippen LogP contribution < -0.4 is 11.3 Å². The lowest BCUT2D eigenvalue weighted by Crippen LogP contribution is -2.22. The van der Waals surface area contributed by atoms with E-state index >= 15 is 0 Å². The lowest BCUT2D eigenvalue weighted by molar-refractivity contribution is 0.843. The van der Waals surface area contributed by atoms with Crippen LogP contribution in [0.3, 0.4) is 0 Å². The van der Waals surface area contributed by atoms with Crippen LogP contribution in [0.2, 0.25) is 0 Å². The fraction of sp³-hybridized carbons (Fsp3) is 0.286. The van der Waals surface area contributed by atoms with Crippen molar-refractivity contribution in [1.29, 1.82) is 0 Å². The number of halogens is 1. The molecule has 0 spiro atoms. The van der Waals surface area contributed by atoms with Gasteiger partial charge in [-0.3, -0.25) is 9.36 Å². The van der Waals surface area contributed by atoms with E-state index in [1.807, 2.05) is 0 Å². The number of anilines is 1. The molecule has 2 aromatic rings. The van der Waals surface area contributed by atoms with Crippen LogP contribution in [0, 0.1) is 0 Å². The molecule has 0 saturated heterocycles. The summed E-state index contributed by atoms with van der Waals surface area (Å²) in [5.41, 5.74) is 6.18. The summed E-state index contributed by atoms with van der Waals surface area (Å²) in [7, 11) is 3.33. The second kappa shape index (κ2) is 3.30. The van der Waals surface area contributed by atoms with Crippen LogP contribution in [0.1, 0.15) is 0 Å². The number of hydrogen-bond donors (Lipinski definition) is 1. The van der Waals surface area contributed by atoms with Crippen molar-refractivity contribution in [2.45, 2.75) is 0 Å². The summed E-state index contributed by atoms with van der Waals surface area (Å²) in [5, 5.41) is 0. The lowest BCUT2D eigenvalue weighted by Gasteiger charge is -2.01. The molecule has 0 amide bonds. The molecule has 0 aliphatic carbocycles. The summed E-state index contributed by atoms with van der Waals surface area (Å²) >= 11 is 0. The van der Waals surface area contributed by atoms with Crippen LogP contribution >= 0.6 is 12.4 Å². The normalized spacial score (nSPS) is 10.1. The SMILES string of the molecule is Cl.Cn1c(N)nc2ncn(C)c2c1=O. The first kappa shape index (κ1) is 10.5. The summed E-state index contributed by atoms with van der Waals surface area (Å²) in [6, 6.07) is 0. The number of aromatic nitrogens is 4. The zero-order valence-corrected chi connectivity index (χ0v) is 8.58. The summed E-state index contributed by atoms with van der Waals surface area (Å²) in [6.07, 6.45) is 1.54. The Morgan fingerprint density at radius 1 is 1.43 bits per heavy atom. The molecule has 0 bridgehead atoms. The van der Waals surface area contributed by atoms with Crippen LogP contribution in [-0.2, 0) is 14.1 Å². The van der Waals surface area contributed by atoms with E-state index in [0.29, 0.717) is 11.2 Å².